The van der Waals surface area contributed by atoms with Crippen LogP contribution in [0.3, 0.4) is 0 Å². The molecule has 0 aromatic rings. The summed E-state index contributed by atoms with van der Waals surface area (Å²) in [4.78, 5) is 2.31. The first-order chi connectivity index (χ1) is 4.83. The number of hydrogen-bond donors (Lipinski definition) is 1. The molecule has 10 heavy (non-hydrogen) atoms. The molecule has 2 unspecified atom stereocenters. The van der Waals surface area contributed by atoms with Gasteiger partial charge in [-0.2, -0.15) is 0 Å². The van der Waals surface area contributed by atoms with Crippen molar-refractivity contribution in [3.8, 4) is 0 Å². The van der Waals surface area contributed by atoms with Gasteiger partial charge >= 0.3 is 0 Å². The lowest BCUT2D eigenvalue weighted by Crippen LogP contribution is -2.25. The third kappa shape index (κ3) is 0.611. The highest BCUT2D eigenvalue weighted by molar-refractivity contribution is 5.92. The zero-order valence-corrected chi connectivity index (χ0v) is 6.12. The molecular weight excluding hydrogens is 128 g/mol. The molecule has 0 spiro atoms. The van der Waals surface area contributed by atoms with Gasteiger partial charge in [-0.3, -0.25) is 4.90 Å². The van der Waals surface area contributed by atoms with Crippen LogP contribution in [-0.2, 0) is 0 Å². The van der Waals surface area contributed by atoms with E-state index in [1.807, 2.05) is 0 Å². The van der Waals surface area contributed by atoms with Gasteiger partial charge in [-0.05, 0) is 19.9 Å². The molecule has 2 aliphatic rings. The minimum Gasteiger partial charge on any atom is -0.411 e. The monoisotopic (exact) mass is 140 g/mol. The van der Waals surface area contributed by atoms with Gasteiger partial charge in [0.15, 0.2) is 0 Å². The van der Waals surface area contributed by atoms with Crippen LogP contribution in [0.4, 0.5) is 0 Å². The first kappa shape index (κ1) is 6.16. The highest BCUT2D eigenvalue weighted by Crippen LogP contribution is 2.33. The third-order valence-corrected chi connectivity index (χ3v) is 2.80. The van der Waals surface area contributed by atoms with E-state index in [4.69, 9.17) is 5.21 Å². The molecule has 2 aliphatic heterocycles. The molecule has 2 fully saturated rings. The van der Waals surface area contributed by atoms with E-state index in [-0.39, 0.29) is 0 Å². The lowest BCUT2D eigenvalue weighted by atomic mass is 9.99. The van der Waals surface area contributed by atoms with Crippen molar-refractivity contribution in [1.29, 1.82) is 0 Å². The predicted octanol–water partition coefficient (Wildman–Crippen LogP) is 0.683. The molecule has 0 amide bonds. The fourth-order valence-electron chi connectivity index (χ4n) is 2.14. The van der Waals surface area contributed by atoms with Crippen LogP contribution >= 0.6 is 0 Å². The van der Waals surface area contributed by atoms with Crippen molar-refractivity contribution < 1.29 is 5.21 Å². The summed E-state index contributed by atoms with van der Waals surface area (Å²) in [5, 5.41) is 11.9. The molecule has 2 heterocycles. The topological polar surface area (TPSA) is 35.8 Å². The Morgan fingerprint density at radius 3 is 2.70 bits per heavy atom. The molecule has 2 atom stereocenters. The molecule has 2 rings (SSSR count). The second-order valence-electron chi connectivity index (χ2n) is 3.21. The standard InChI is InChI=1S/C7H12N2O/c1-9-5-2-3-7(9)6(4-5)8-10/h5,7,10H,2-4H2,1H3/b8-6-. The first-order valence-electron chi connectivity index (χ1n) is 3.75. The van der Waals surface area contributed by atoms with Gasteiger partial charge < -0.3 is 5.21 Å². The Bertz CT molecular complexity index is 178. The summed E-state index contributed by atoms with van der Waals surface area (Å²) >= 11 is 0. The molecule has 0 saturated carbocycles. The van der Waals surface area contributed by atoms with Crippen LogP contribution in [0.25, 0.3) is 0 Å². The minimum absolute atomic E-state index is 0.454. The van der Waals surface area contributed by atoms with E-state index in [0.717, 1.165) is 12.1 Å². The molecule has 1 N–H and O–H groups in total. The number of rotatable bonds is 0. The second-order valence-corrected chi connectivity index (χ2v) is 3.21. The summed E-state index contributed by atoms with van der Waals surface area (Å²) in [6.45, 7) is 0. The number of hydrogen-bond acceptors (Lipinski definition) is 3. The fraction of sp³-hybridized carbons (Fsp3) is 0.857. The summed E-state index contributed by atoms with van der Waals surface area (Å²) in [5.41, 5.74) is 0.985. The maximum atomic E-state index is 8.57. The van der Waals surface area contributed by atoms with Crippen LogP contribution in [0.1, 0.15) is 19.3 Å². The summed E-state index contributed by atoms with van der Waals surface area (Å²) < 4.78 is 0. The van der Waals surface area contributed by atoms with Crippen LogP contribution in [-0.4, -0.2) is 35.0 Å². The zero-order chi connectivity index (χ0) is 7.14. The van der Waals surface area contributed by atoms with Gasteiger partial charge in [-0.1, -0.05) is 5.16 Å². The highest BCUT2D eigenvalue weighted by Gasteiger charge is 2.41. The minimum atomic E-state index is 0.454. The van der Waals surface area contributed by atoms with Crippen LogP contribution in [0.5, 0.6) is 0 Å². The number of oxime groups is 1. The van der Waals surface area contributed by atoms with Crippen molar-refractivity contribution in [3.63, 3.8) is 0 Å². The van der Waals surface area contributed by atoms with Crippen LogP contribution in [0.15, 0.2) is 5.16 Å². The average molecular weight is 140 g/mol. The van der Waals surface area contributed by atoms with Crippen LogP contribution < -0.4 is 0 Å². The van der Waals surface area contributed by atoms with Crippen molar-refractivity contribution in [3.05, 3.63) is 0 Å². The predicted molar refractivity (Wildman–Crippen MR) is 38.4 cm³/mol. The zero-order valence-electron chi connectivity index (χ0n) is 6.12. The van der Waals surface area contributed by atoms with E-state index in [9.17, 15) is 0 Å². The maximum absolute atomic E-state index is 8.57. The highest BCUT2D eigenvalue weighted by atomic mass is 16.4. The van der Waals surface area contributed by atoms with Crippen molar-refractivity contribution in [2.45, 2.75) is 31.3 Å². The lowest BCUT2D eigenvalue weighted by molar-refractivity contribution is 0.308. The molecule has 56 valence electrons. The largest absolute Gasteiger partial charge is 0.411 e. The van der Waals surface area contributed by atoms with Gasteiger partial charge in [-0.25, -0.2) is 0 Å². The van der Waals surface area contributed by atoms with Gasteiger partial charge in [0, 0.05) is 12.5 Å². The quantitative estimate of drug-likeness (QED) is 0.397. The molecule has 0 aromatic carbocycles. The molecule has 2 bridgehead atoms. The maximum Gasteiger partial charge on any atom is 0.0757 e. The van der Waals surface area contributed by atoms with Gasteiger partial charge in [0.05, 0.1) is 11.8 Å². The van der Waals surface area contributed by atoms with E-state index in [1.54, 1.807) is 0 Å². The van der Waals surface area contributed by atoms with Gasteiger partial charge in [0.25, 0.3) is 0 Å². The number of fused-ring (bicyclic) bond motifs is 2. The molecule has 0 aliphatic carbocycles. The Balaban J connectivity index is 2.23. The molecule has 3 heteroatoms. The Morgan fingerprint density at radius 2 is 2.40 bits per heavy atom. The Hall–Kier alpha value is -0.570. The van der Waals surface area contributed by atoms with Crippen LogP contribution in [0, 0.1) is 0 Å². The Kier molecular flexibility index (Phi) is 1.20. The van der Waals surface area contributed by atoms with Crippen molar-refractivity contribution >= 4 is 5.71 Å². The lowest BCUT2D eigenvalue weighted by Gasteiger charge is -2.12. The summed E-state index contributed by atoms with van der Waals surface area (Å²) in [6, 6.07) is 1.12. The van der Waals surface area contributed by atoms with Crippen molar-refractivity contribution in [2.75, 3.05) is 7.05 Å². The molecular formula is C7H12N2O. The summed E-state index contributed by atoms with van der Waals surface area (Å²) in [5.74, 6) is 0. The summed E-state index contributed by atoms with van der Waals surface area (Å²) in [7, 11) is 2.11. The second kappa shape index (κ2) is 1.95. The third-order valence-electron chi connectivity index (χ3n) is 2.80. The average Bonchev–Trinajstić information content (AvgIpc) is 2.46. The molecule has 0 aromatic heterocycles. The Morgan fingerprint density at radius 1 is 1.60 bits per heavy atom. The van der Waals surface area contributed by atoms with E-state index < -0.39 is 0 Å². The smallest absolute Gasteiger partial charge is 0.0757 e. The van der Waals surface area contributed by atoms with Gasteiger partial charge in [-0.15, -0.1) is 0 Å². The van der Waals surface area contributed by atoms with Crippen LogP contribution in [0.2, 0.25) is 0 Å². The van der Waals surface area contributed by atoms with Gasteiger partial charge in [0.1, 0.15) is 0 Å². The number of nitrogens with zero attached hydrogens (tertiary/aromatic N) is 2. The van der Waals surface area contributed by atoms with Gasteiger partial charge in [0.2, 0.25) is 0 Å². The molecule has 3 nitrogen and oxygen atoms in total. The normalized spacial score (nSPS) is 43.5. The van der Waals surface area contributed by atoms with E-state index >= 15 is 0 Å². The molecule has 2 saturated heterocycles. The Labute approximate surface area is 60.3 Å². The first-order valence-corrected chi connectivity index (χ1v) is 3.75. The summed E-state index contributed by atoms with van der Waals surface area (Å²) in [6.07, 6.45) is 3.44. The fourth-order valence-corrected chi connectivity index (χ4v) is 2.14. The van der Waals surface area contributed by atoms with E-state index in [0.29, 0.717) is 12.1 Å². The van der Waals surface area contributed by atoms with Crippen molar-refractivity contribution in [1.82, 2.24) is 4.90 Å². The SMILES string of the molecule is CN1C2CCC1/C(=N\O)C2. The van der Waals surface area contributed by atoms with Crippen molar-refractivity contribution in [2.24, 2.45) is 5.16 Å². The van der Waals surface area contributed by atoms with E-state index in [2.05, 4.69) is 17.1 Å². The van der Waals surface area contributed by atoms with E-state index in [1.165, 1.54) is 12.8 Å². The molecule has 0 radical (unpaired) electrons.